The third-order valence-electron chi connectivity index (χ3n) is 3.03. The lowest BCUT2D eigenvalue weighted by Crippen LogP contribution is -2.27. The van der Waals surface area contributed by atoms with Crippen LogP contribution < -0.4 is 5.32 Å². The van der Waals surface area contributed by atoms with E-state index in [0.717, 1.165) is 16.6 Å². The van der Waals surface area contributed by atoms with Gasteiger partial charge in [0.2, 0.25) is 0 Å². The standard InChI is InChI=1S/C15H12FN3O/c16-12-7-5-11(6-8-12)9-17-15(20)19-10-18-13-3-1-2-4-14(13)19/h1-8,10H,9H2,(H,17,20). The summed E-state index contributed by atoms with van der Waals surface area (Å²) >= 11 is 0. The van der Waals surface area contributed by atoms with Crippen LogP contribution in [0.15, 0.2) is 54.9 Å². The molecule has 0 atom stereocenters. The Bertz CT molecular complexity index is 749. The number of nitrogens with zero attached hydrogens (tertiary/aromatic N) is 2. The maximum absolute atomic E-state index is 12.8. The number of carbonyl (C=O) groups is 1. The van der Waals surface area contributed by atoms with Crippen molar-refractivity contribution in [2.24, 2.45) is 0 Å². The SMILES string of the molecule is O=C(NCc1ccc(F)cc1)n1cnc2ccccc21. The van der Waals surface area contributed by atoms with Gasteiger partial charge in [-0.1, -0.05) is 24.3 Å². The lowest BCUT2D eigenvalue weighted by atomic mass is 10.2. The summed E-state index contributed by atoms with van der Waals surface area (Å²) in [5.41, 5.74) is 2.36. The Morgan fingerprint density at radius 3 is 2.70 bits per heavy atom. The zero-order valence-electron chi connectivity index (χ0n) is 10.6. The summed E-state index contributed by atoms with van der Waals surface area (Å²) < 4.78 is 14.2. The lowest BCUT2D eigenvalue weighted by molar-refractivity contribution is 0.243. The second-order valence-electron chi connectivity index (χ2n) is 4.39. The highest BCUT2D eigenvalue weighted by Gasteiger charge is 2.08. The molecule has 5 heteroatoms. The highest BCUT2D eigenvalue weighted by Crippen LogP contribution is 2.11. The van der Waals surface area contributed by atoms with Crippen LogP contribution in [0, 0.1) is 5.82 Å². The minimum absolute atomic E-state index is 0.261. The lowest BCUT2D eigenvalue weighted by Gasteiger charge is -2.06. The van der Waals surface area contributed by atoms with Gasteiger partial charge in [0.25, 0.3) is 0 Å². The topological polar surface area (TPSA) is 46.9 Å². The zero-order valence-corrected chi connectivity index (χ0v) is 10.6. The van der Waals surface area contributed by atoms with Crippen molar-refractivity contribution >= 4 is 17.1 Å². The molecule has 0 bridgehead atoms. The minimum Gasteiger partial charge on any atom is -0.333 e. The quantitative estimate of drug-likeness (QED) is 0.777. The van der Waals surface area contributed by atoms with Crippen molar-refractivity contribution in [1.82, 2.24) is 14.9 Å². The third-order valence-corrected chi connectivity index (χ3v) is 3.03. The monoisotopic (exact) mass is 269 g/mol. The molecule has 1 amide bonds. The minimum atomic E-state index is -0.291. The first kappa shape index (κ1) is 12.3. The van der Waals surface area contributed by atoms with E-state index >= 15 is 0 Å². The number of halogens is 1. The molecule has 3 rings (SSSR count). The van der Waals surface area contributed by atoms with Crippen LogP contribution >= 0.6 is 0 Å². The third kappa shape index (κ3) is 2.38. The predicted octanol–water partition coefficient (Wildman–Crippen LogP) is 2.93. The molecule has 0 saturated heterocycles. The van der Waals surface area contributed by atoms with Crippen molar-refractivity contribution in [3.63, 3.8) is 0 Å². The Balaban J connectivity index is 1.75. The van der Waals surface area contributed by atoms with Gasteiger partial charge in [0.15, 0.2) is 0 Å². The van der Waals surface area contributed by atoms with Crippen LogP contribution in [-0.4, -0.2) is 15.6 Å². The van der Waals surface area contributed by atoms with Crippen LogP contribution in [0.3, 0.4) is 0 Å². The Labute approximate surface area is 114 Å². The van der Waals surface area contributed by atoms with Crippen molar-refractivity contribution in [2.45, 2.75) is 6.54 Å². The molecule has 100 valence electrons. The number of para-hydroxylation sites is 2. The second-order valence-corrected chi connectivity index (χ2v) is 4.39. The number of rotatable bonds is 2. The molecule has 0 radical (unpaired) electrons. The second kappa shape index (κ2) is 5.13. The van der Waals surface area contributed by atoms with Gasteiger partial charge in [0, 0.05) is 6.54 Å². The highest BCUT2D eigenvalue weighted by atomic mass is 19.1. The molecule has 0 unspecified atom stereocenters. The molecule has 0 fully saturated rings. The number of nitrogens with one attached hydrogen (secondary N) is 1. The number of aromatic nitrogens is 2. The Hall–Kier alpha value is -2.69. The van der Waals surface area contributed by atoms with Crippen LogP contribution in [0.1, 0.15) is 5.56 Å². The van der Waals surface area contributed by atoms with Gasteiger partial charge in [-0.15, -0.1) is 0 Å². The number of benzene rings is 2. The predicted molar refractivity (Wildman–Crippen MR) is 73.8 cm³/mol. The number of hydrogen-bond acceptors (Lipinski definition) is 2. The number of hydrogen-bond donors (Lipinski definition) is 1. The molecular formula is C15H12FN3O. The van der Waals surface area contributed by atoms with Crippen molar-refractivity contribution < 1.29 is 9.18 Å². The average Bonchev–Trinajstić information content (AvgIpc) is 2.90. The van der Waals surface area contributed by atoms with Crippen LogP contribution in [0.25, 0.3) is 11.0 Å². The van der Waals surface area contributed by atoms with E-state index in [1.54, 1.807) is 12.1 Å². The summed E-state index contributed by atoms with van der Waals surface area (Å²) in [4.78, 5) is 16.3. The summed E-state index contributed by atoms with van der Waals surface area (Å²) in [6, 6.07) is 13.2. The maximum Gasteiger partial charge on any atom is 0.327 e. The van der Waals surface area contributed by atoms with Gasteiger partial charge in [-0.3, -0.25) is 4.57 Å². The van der Waals surface area contributed by atoms with E-state index in [1.165, 1.54) is 23.0 Å². The van der Waals surface area contributed by atoms with Crippen molar-refractivity contribution in [3.8, 4) is 0 Å². The number of imidazole rings is 1. The zero-order chi connectivity index (χ0) is 13.9. The Kier molecular flexibility index (Phi) is 3.16. The van der Waals surface area contributed by atoms with Gasteiger partial charge in [-0.25, -0.2) is 14.2 Å². The first-order valence-corrected chi connectivity index (χ1v) is 6.19. The Morgan fingerprint density at radius 1 is 1.15 bits per heavy atom. The summed E-state index contributed by atoms with van der Waals surface area (Å²) in [6.45, 7) is 0.339. The molecule has 0 saturated carbocycles. The van der Waals surface area contributed by atoms with Crippen molar-refractivity contribution in [2.75, 3.05) is 0 Å². The first-order chi connectivity index (χ1) is 9.74. The van der Waals surface area contributed by atoms with Gasteiger partial charge in [0.05, 0.1) is 11.0 Å². The number of carbonyl (C=O) groups excluding carboxylic acids is 1. The Morgan fingerprint density at radius 2 is 1.90 bits per heavy atom. The molecule has 1 aromatic heterocycles. The molecule has 2 aromatic carbocycles. The highest BCUT2D eigenvalue weighted by molar-refractivity contribution is 5.88. The fourth-order valence-corrected chi connectivity index (χ4v) is 1.99. The van der Waals surface area contributed by atoms with Crippen LogP contribution in [0.2, 0.25) is 0 Å². The van der Waals surface area contributed by atoms with Crippen LogP contribution in [-0.2, 0) is 6.54 Å². The summed E-state index contributed by atoms with van der Waals surface area (Å²) in [5.74, 6) is -0.291. The van der Waals surface area contributed by atoms with E-state index in [-0.39, 0.29) is 11.8 Å². The van der Waals surface area contributed by atoms with Gasteiger partial charge < -0.3 is 5.32 Å². The van der Waals surface area contributed by atoms with Crippen LogP contribution in [0.4, 0.5) is 9.18 Å². The molecule has 0 aliphatic carbocycles. The van der Waals surface area contributed by atoms with Crippen molar-refractivity contribution in [1.29, 1.82) is 0 Å². The number of amides is 1. The molecule has 4 nitrogen and oxygen atoms in total. The summed E-state index contributed by atoms with van der Waals surface area (Å²) in [7, 11) is 0. The van der Waals surface area contributed by atoms with E-state index in [9.17, 15) is 9.18 Å². The molecule has 0 aliphatic rings. The van der Waals surface area contributed by atoms with Gasteiger partial charge in [-0.2, -0.15) is 0 Å². The first-order valence-electron chi connectivity index (χ1n) is 6.19. The largest absolute Gasteiger partial charge is 0.333 e. The smallest absolute Gasteiger partial charge is 0.327 e. The van der Waals surface area contributed by atoms with Crippen LogP contribution in [0.5, 0.6) is 0 Å². The number of fused-ring (bicyclic) bond motifs is 1. The average molecular weight is 269 g/mol. The van der Waals surface area contributed by atoms with Gasteiger partial charge in [0.1, 0.15) is 12.1 Å². The van der Waals surface area contributed by atoms with E-state index in [4.69, 9.17) is 0 Å². The molecule has 1 heterocycles. The molecule has 0 aliphatic heterocycles. The fourth-order valence-electron chi connectivity index (χ4n) is 1.99. The van der Waals surface area contributed by atoms with Gasteiger partial charge >= 0.3 is 6.03 Å². The summed E-state index contributed by atoms with van der Waals surface area (Å²) in [5, 5.41) is 2.77. The summed E-state index contributed by atoms with van der Waals surface area (Å²) in [6.07, 6.45) is 1.49. The van der Waals surface area contributed by atoms with E-state index in [0.29, 0.717) is 6.54 Å². The molecule has 3 aromatic rings. The van der Waals surface area contributed by atoms with Crippen molar-refractivity contribution in [3.05, 3.63) is 66.2 Å². The van der Waals surface area contributed by atoms with E-state index in [2.05, 4.69) is 10.3 Å². The fraction of sp³-hybridized carbons (Fsp3) is 0.0667. The van der Waals surface area contributed by atoms with Gasteiger partial charge in [-0.05, 0) is 29.8 Å². The molecule has 1 N–H and O–H groups in total. The molecule has 0 spiro atoms. The normalized spacial score (nSPS) is 10.7. The molecular weight excluding hydrogens is 257 g/mol. The maximum atomic E-state index is 12.8. The van der Waals surface area contributed by atoms with E-state index < -0.39 is 0 Å². The molecule has 20 heavy (non-hydrogen) atoms. The van der Waals surface area contributed by atoms with E-state index in [1.807, 2.05) is 24.3 Å².